The van der Waals surface area contributed by atoms with Gasteiger partial charge in [-0.15, -0.1) is 0 Å². The summed E-state index contributed by atoms with van der Waals surface area (Å²) < 4.78 is 0.456. The molecule has 0 spiro atoms. The number of hydrogen-bond donors (Lipinski definition) is 1. The molecule has 0 atom stereocenters. The van der Waals surface area contributed by atoms with E-state index in [0.717, 1.165) is 6.04 Å². The molecule has 2 N–H and O–H groups in total. The van der Waals surface area contributed by atoms with Crippen LogP contribution >= 0.6 is 11.8 Å². The van der Waals surface area contributed by atoms with Crippen LogP contribution in [0.5, 0.6) is 0 Å². The standard InChI is InChI=1S/C12H24N2S/c1-12(2)9-14(7-8-15-12)11-5-3-10(13)4-6-11/h10-11H,3-9,13H2,1-2H3. The van der Waals surface area contributed by atoms with E-state index < -0.39 is 0 Å². The maximum atomic E-state index is 5.96. The van der Waals surface area contributed by atoms with Gasteiger partial charge in [0.1, 0.15) is 0 Å². The molecule has 0 bridgehead atoms. The number of hydrogen-bond acceptors (Lipinski definition) is 3. The van der Waals surface area contributed by atoms with Gasteiger partial charge < -0.3 is 5.73 Å². The van der Waals surface area contributed by atoms with Crippen molar-refractivity contribution in [2.75, 3.05) is 18.8 Å². The minimum atomic E-state index is 0.456. The minimum Gasteiger partial charge on any atom is -0.328 e. The second kappa shape index (κ2) is 4.64. The van der Waals surface area contributed by atoms with Gasteiger partial charge in [-0.3, -0.25) is 4.90 Å². The van der Waals surface area contributed by atoms with Crippen molar-refractivity contribution in [2.24, 2.45) is 5.73 Å². The molecule has 15 heavy (non-hydrogen) atoms. The van der Waals surface area contributed by atoms with Crippen molar-refractivity contribution in [3.05, 3.63) is 0 Å². The van der Waals surface area contributed by atoms with E-state index in [4.69, 9.17) is 5.73 Å². The Morgan fingerprint density at radius 1 is 1.20 bits per heavy atom. The van der Waals surface area contributed by atoms with Gasteiger partial charge in [-0.25, -0.2) is 0 Å². The Morgan fingerprint density at radius 3 is 2.47 bits per heavy atom. The highest BCUT2D eigenvalue weighted by Gasteiger charge is 2.32. The number of nitrogens with two attached hydrogens (primary N) is 1. The number of thioether (sulfide) groups is 1. The Bertz CT molecular complexity index is 210. The topological polar surface area (TPSA) is 29.3 Å². The van der Waals surface area contributed by atoms with Crippen LogP contribution in [0.4, 0.5) is 0 Å². The molecule has 2 rings (SSSR count). The van der Waals surface area contributed by atoms with Crippen molar-refractivity contribution in [1.29, 1.82) is 0 Å². The smallest absolute Gasteiger partial charge is 0.0231 e. The minimum absolute atomic E-state index is 0.456. The molecule has 1 saturated carbocycles. The molecule has 1 saturated heterocycles. The van der Waals surface area contributed by atoms with E-state index in [1.165, 1.54) is 44.5 Å². The lowest BCUT2D eigenvalue weighted by molar-refractivity contribution is 0.143. The van der Waals surface area contributed by atoms with E-state index in [1.807, 2.05) is 0 Å². The Kier molecular flexibility index (Phi) is 3.63. The Labute approximate surface area is 98.0 Å². The van der Waals surface area contributed by atoms with Crippen LogP contribution in [0.3, 0.4) is 0 Å². The fourth-order valence-corrected chi connectivity index (χ4v) is 3.97. The monoisotopic (exact) mass is 228 g/mol. The van der Waals surface area contributed by atoms with Gasteiger partial charge in [-0.05, 0) is 39.5 Å². The average Bonchev–Trinajstić information content (AvgIpc) is 2.17. The average molecular weight is 228 g/mol. The molecule has 0 unspecified atom stereocenters. The van der Waals surface area contributed by atoms with Gasteiger partial charge >= 0.3 is 0 Å². The first kappa shape index (κ1) is 11.7. The van der Waals surface area contributed by atoms with E-state index in [1.54, 1.807) is 0 Å². The van der Waals surface area contributed by atoms with E-state index in [2.05, 4.69) is 30.5 Å². The Hall–Kier alpha value is 0.270. The van der Waals surface area contributed by atoms with Crippen LogP contribution < -0.4 is 5.73 Å². The highest BCUT2D eigenvalue weighted by molar-refractivity contribution is 8.00. The molecular weight excluding hydrogens is 204 g/mol. The first-order valence-electron chi connectivity index (χ1n) is 6.20. The van der Waals surface area contributed by atoms with Crippen LogP contribution in [-0.4, -0.2) is 40.6 Å². The lowest BCUT2D eigenvalue weighted by Gasteiger charge is -2.43. The first-order chi connectivity index (χ1) is 7.07. The zero-order valence-corrected chi connectivity index (χ0v) is 10.9. The van der Waals surface area contributed by atoms with E-state index in [0.29, 0.717) is 10.8 Å². The van der Waals surface area contributed by atoms with Gasteiger partial charge in [0, 0.05) is 35.7 Å². The van der Waals surface area contributed by atoms with Crippen LogP contribution in [0.2, 0.25) is 0 Å². The van der Waals surface area contributed by atoms with Crippen LogP contribution in [0, 0.1) is 0 Å². The molecule has 1 aliphatic carbocycles. The highest BCUT2D eigenvalue weighted by Crippen LogP contribution is 2.33. The second-order valence-corrected chi connectivity index (χ2v) is 7.45. The van der Waals surface area contributed by atoms with E-state index >= 15 is 0 Å². The van der Waals surface area contributed by atoms with Crippen molar-refractivity contribution >= 4 is 11.8 Å². The molecule has 2 nitrogen and oxygen atoms in total. The van der Waals surface area contributed by atoms with Gasteiger partial charge in [0.15, 0.2) is 0 Å². The third kappa shape index (κ3) is 3.11. The fourth-order valence-electron chi connectivity index (χ4n) is 2.83. The van der Waals surface area contributed by atoms with Crippen molar-refractivity contribution in [3.8, 4) is 0 Å². The number of nitrogens with zero attached hydrogens (tertiary/aromatic N) is 1. The molecule has 0 aromatic carbocycles. The molecule has 2 aliphatic rings. The molecule has 1 aliphatic heterocycles. The molecule has 3 heteroatoms. The maximum Gasteiger partial charge on any atom is 0.0231 e. The maximum absolute atomic E-state index is 5.96. The van der Waals surface area contributed by atoms with Gasteiger partial charge in [-0.2, -0.15) is 11.8 Å². The van der Waals surface area contributed by atoms with Crippen molar-refractivity contribution in [2.45, 2.75) is 56.4 Å². The molecule has 2 fully saturated rings. The lowest BCUT2D eigenvalue weighted by atomic mass is 9.90. The predicted octanol–water partition coefficient (Wildman–Crippen LogP) is 2.08. The van der Waals surface area contributed by atoms with Crippen molar-refractivity contribution < 1.29 is 0 Å². The summed E-state index contributed by atoms with van der Waals surface area (Å²) in [5.74, 6) is 1.30. The zero-order chi connectivity index (χ0) is 10.9. The lowest BCUT2D eigenvalue weighted by Crippen LogP contribution is -2.50. The molecule has 0 aromatic heterocycles. The first-order valence-corrected chi connectivity index (χ1v) is 7.19. The fraction of sp³-hybridized carbons (Fsp3) is 1.00. The summed E-state index contributed by atoms with van der Waals surface area (Å²) in [6.07, 6.45) is 5.10. The van der Waals surface area contributed by atoms with Gasteiger partial charge in [-0.1, -0.05) is 0 Å². The summed E-state index contributed by atoms with van der Waals surface area (Å²) in [4.78, 5) is 2.71. The second-order valence-electron chi connectivity index (χ2n) is 5.65. The molecule has 0 aromatic rings. The summed E-state index contributed by atoms with van der Waals surface area (Å²) >= 11 is 2.12. The third-order valence-electron chi connectivity index (χ3n) is 3.71. The Balaban J connectivity index is 1.88. The van der Waals surface area contributed by atoms with E-state index in [-0.39, 0.29) is 0 Å². The molecular formula is C12H24N2S. The molecule has 88 valence electrons. The summed E-state index contributed by atoms with van der Waals surface area (Å²) in [6, 6.07) is 1.30. The number of rotatable bonds is 1. The zero-order valence-electron chi connectivity index (χ0n) is 10.0. The normalized spacial score (nSPS) is 37.8. The summed E-state index contributed by atoms with van der Waals surface area (Å²) in [5, 5.41) is 0. The van der Waals surface area contributed by atoms with Crippen LogP contribution in [0.25, 0.3) is 0 Å². The van der Waals surface area contributed by atoms with Crippen LogP contribution in [0.15, 0.2) is 0 Å². The van der Waals surface area contributed by atoms with Gasteiger partial charge in [0.25, 0.3) is 0 Å². The van der Waals surface area contributed by atoms with E-state index in [9.17, 15) is 0 Å². The molecule has 1 heterocycles. The van der Waals surface area contributed by atoms with Gasteiger partial charge in [0.05, 0.1) is 0 Å². The molecule has 0 radical (unpaired) electrons. The third-order valence-corrected chi connectivity index (χ3v) is 5.01. The predicted molar refractivity (Wildman–Crippen MR) is 68.3 cm³/mol. The van der Waals surface area contributed by atoms with Crippen LogP contribution in [0.1, 0.15) is 39.5 Å². The SMILES string of the molecule is CC1(C)CN(C2CCC(N)CC2)CCS1. The van der Waals surface area contributed by atoms with Gasteiger partial charge in [0.2, 0.25) is 0 Å². The molecule has 0 amide bonds. The quantitative estimate of drug-likeness (QED) is 0.745. The van der Waals surface area contributed by atoms with Crippen LogP contribution in [-0.2, 0) is 0 Å². The van der Waals surface area contributed by atoms with Crippen molar-refractivity contribution in [1.82, 2.24) is 4.90 Å². The summed E-state index contributed by atoms with van der Waals surface area (Å²) in [7, 11) is 0. The largest absolute Gasteiger partial charge is 0.328 e. The summed E-state index contributed by atoms with van der Waals surface area (Å²) in [6.45, 7) is 7.29. The highest BCUT2D eigenvalue weighted by atomic mass is 32.2. The summed E-state index contributed by atoms with van der Waals surface area (Å²) in [5.41, 5.74) is 5.96. The van der Waals surface area contributed by atoms with Crippen molar-refractivity contribution in [3.63, 3.8) is 0 Å². The Morgan fingerprint density at radius 2 is 1.87 bits per heavy atom.